The quantitative estimate of drug-likeness (QED) is 0.463. The van der Waals surface area contributed by atoms with Crippen molar-refractivity contribution in [3.05, 3.63) is 0 Å². The fourth-order valence-corrected chi connectivity index (χ4v) is 2.35. The summed E-state index contributed by atoms with van der Waals surface area (Å²) in [6, 6.07) is 0. The van der Waals surface area contributed by atoms with E-state index in [1.165, 1.54) is 0 Å². The molecule has 0 aromatic rings. The lowest BCUT2D eigenvalue weighted by atomic mass is 9.65. The van der Waals surface area contributed by atoms with Crippen LogP contribution in [0.5, 0.6) is 0 Å². The summed E-state index contributed by atoms with van der Waals surface area (Å²) < 4.78 is 5.63. The molecule has 0 bridgehead atoms. The van der Waals surface area contributed by atoms with E-state index in [2.05, 4.69) is 56.8 Å². The maximum Gasteiger partial charge on any atom is 0.194 e. The van der Waals surface area contributed by atoms with Gasteiger partial charge in [0.1, 0.15) is 0 Å². The van der Waals surface area contributed by atoms with Crippen LogP contribution >= 0.6 is 0 Å². The largest absolute Gasteiger partial charge is 0.380 e. The number of likely N-dealkylation sites (tertiary alicyclic amines) is 1. The molecule has 0 saturated carbocycles. The minimum Gasteiger partial charge on any atom is -0.380 e. The fourth-order valence-electron chi connectivity index (χ4n) is 2.35. The standard InChI is InChI=1S/C16H33N3O/c1-13(2)8-10-20-11-9-18-14(17-7)19-12-15(3,4)16(19,5)6/h13H,8-12H2,1-7H3,(H,17,18). The zero-order valence-electron chi connectivity index (χ0n) is 14.4. The van der Waals surface area contributed by atoms with Crippen LogP contribution in [0, 0.1) is 11.3 Å². The molecule has 0 radical (unpaired) electrons. The molecule has 4 nitrogen and oxygen atoms in total. The molecule has 1 N–H and O–H groups in total. The van der Waals surface area contributed by atoms with Gasteiger partial charge in [0.2, 0.25) is 0 Å². The number of aliphatic imine (C=N–C) groups is 1. The summed E-state index contributed by atoms with van der Waals surface area (Å²) >= 11 is 0. The minimum absolute atomic E-state index is 0.146. The highest BCUT2D eigenvalue weighted by molar-refractivity contribution is 5.81. The van der Waals surface area contributed by atoms with Crippen molar-refractivity contribution in [3.8, 4) is 0 Å². The monoisotopic (exact) mass is 283 g/mol. The third-order valence-corrected chi connectivity index (χ3v) is 4.72. The van der Waals surface area contributed by atoms with Crippen LogP contribution in [0.1, 0.15) is 48.0 Å². The van der Waals surface area contributed by atoms with Crippen molar-refractivity contribution in [1.82, 2.24) is 10.2 Å². The molecule has 0 aromatic carbocycles. The molecule has 0 atom stereocenters. The molecule has 0 amide bonds. The molecule has 1 fully saturated rings. The number of nitrogens with zero attached hydrogens (tertiary/aromatic N) is 2. The first kappa shape index (κ1) is 17.3. The average Bonchev–Trinajstić information content (AvgIpc) is 2.35. The Balaban J connectivity index is 2.29. The first-order valence-corrected chi connectivity index (χ1v) is 7.78. The first-order valence-electron chi connectivity index (χ1n) is 7.78. The van der Waals surface area contributed by atoms with Crippen LogP contribution in [-0.4, -0.2) is 49.7 Å². The molecule has 1 rings (SSSR count). The van der Waals surface area contributed by atoms with Gasteiger partial charge in [0.05, 0.1) is 6.61 Å². The SMILES string of the molecule is CN=C(NCCOCCC(C)C)N1CC(C)(C)C1(C)C. The number of ether oxygens (including phenoxy) is 1. The lowest BCUT2D eigenvalue weighted by Gasteiger charge is -2.62. The minimum atomic E-state index is 0.146. The van der Waals surface area contributed by atoms with Crippen LogP contribution < -0.4 is 5.32 Å². The topological polar surface area (TPSA) is 36.9 Å². The van der Waals surface area contributed by atoms with E-state index in [-0.39, 0.29) is 5.54 Å². The van der Waals surface area contributed by atoms with Gasteiger partial charge < -0.3 is 15.0 Å². The van der Waals surface area contributed by atoms with Crippen molar-refractivity contribution in [1.29, 1.82) is 0 Å². The second-order valence-electron chi connectivity index (χ2n) is 7.30. The summed E-state index contributed by atoms with van der Waals surface area (Å²) in [6.45, 7) is 17.1. The van der Waals surface area contributed by atoms with Gasteiger partial charge in [0.25, 0.3) is 0 Å². The molecular weight excluding hydrogens is 250 g/mol. The third-order valence-electron chi connectivity index (χ3n) is 4.72. The van der Waals surface area contributed by atoms with Crippen molar-refractivity contribution in [2.24, 2.45) is 16.3 Å². The van der Waals surface area contributed by atoms with Crippen LogP contribution in [0.2, 0.25) is 0 Å². The predicted molar refractivity (Wildman–Crippen MR) is 86.2 cm³/mol. The van der Waals surface area contributed by atoms with E-state index in [9.17, 15) is 0 Å². The Morgan fingerprint density at radius 3 is 2.35 bits per heavy atom. The summed E-state index contributed by atoms with van der Waals surface area (Å²) in [4.78, 5) is 6.74. The van der Waals surface area contributed by atoms with Crippen molar-refractivity contribution >= 4 is 5.96 Å². The Kier molecular flexibility index (Phi) is 5.87. The van der Waals surface area contributed by atoms with Gasteiger partial charge in [-0.2, -0.15) is 0 Å². The summed E-state index contributed by atoms with van der Waals surface area (Å²) in [6.07, 6.45) is 1.13. The summed E-state index contributed by atoms with van der Waals surface area (Å²) in [5.41, 5.74) is 0.478. The highest BCUT2D eigenvalue weighted by Gasteiger charge is 2.53. The molecule has 1 aliphatic rings. The van der Waals surface area contributed by atoms with E-state index in [1.54, 1.807) is 0 Å². The molecule has 0 aliphatic carbocycles. The van der Waals surface area contributed by atoms with Crippen LogP contribution in [0.4, 0.5) is 0 Å². The molecular formula is C16H33N3O. The molecule has 20 heavy (non-hydrogen) atoms. The first-order chi connectivity index (χ1) is 9.22. The van der Waals surface area contributed by atoms with E-state index in [4.69, 9.17) is 4.74 Å². The second kappa shape index (κ2) is 6.79. The normalized spacial score (nSPS) is 21.0. The maximum atomic E-state index is 5.63. The molecule has 118 valence electrons. The van der Waals surface area contributed by atoms with E-state index in [1.807, 2.05) is 7.05 Å². The van der Waals surface area contributed by atoms with Gasteiger partial charge in [-0.05, 0) is 26.2 Å². The van der Waals surface area contributed by atoms with Gasteiger partial charge in [-0.15, -0.1) is 0 Å². The zero-order chi connectivity index (χ0) is 15.4. The second-order valence-corrected chi connectivity index (χ2v) is 7.30. The Hall–Kier alpha value is -0.770. The van der Waals surface area contributed by atoms with Gasteiger partial charge in [-0.25, -0.2) is 0 Å². The number of guanidine groups is 1. The zero-order valence-corrected chi connectivity index (χ0v) is 14.4. The van der Waals surface area contributed by atoms with E-state index < -0.39 is 0 Å². The average molecular weight is 283 g/mol. The molecule has 1 saturated heterocycles. The van der Waals surface area contributed by atoms with E-state index in [0.717, 1.165) is 38.7 Å². The van der Waals surface area contributed by atoms with Crippen LogP contribution in [-0.2, 0) is 4.74 Å². The van der Waals surface area contributed by atoms with Crippen molar-refractivity contribution < 1.29 is 4.74 Å². The van der Waals surface area contributed by atoms with E-state index >= 15 is 0 Å². The van der Waals surface area contributed by atoms with Gasteiger partial charge in [0, 0.05) is 37.7 Å². The van der Waals surface area contributed by atoms with Gasteiger partial charge in [-0.3, -0.25) is 4.99 Å². The Morgan fingerprint density at radius 1 is 1.25 bits per heavy atom. The predicted octanol–water partition coefficient (Wildman–Crippen LogP) is 2.74. The smallest absolute Gasteiger partial charge is 0.194 e. The van der Waals surface area contributed by atoms with E-state index in [0.29, 0.717) is 11.3 Å². The summed E-state index contributed by atoms with van der Waals surface area (Å²) in [5, 5.41) is 3.40. The van der Waals surface area contributed by atoms with Crippen LogP contribution in [0.15, 0.2) is 4.99 Å². The maximum absolute atomic E-state index is 5.63. The number of hydrogen-bond acceptors (Lipinski definition) is 2. The van der Waals surface area contributed by atoms with Crippen LogP contribution in [0.25, 0.3) is 0 Å². The Morgan fingerprint density at radius 2 is 1.90 bits per heavy atom. The van der Waals surface area contributed by atoms with Crippen molar-refractivity contribution in [2.45, 2.75) is 53.5 Å². The molecule has 0 aromatic heterocycles. The Labute approximate surface area is 125 Å². The highest BCUT2D eigenvalue weighted by Crippen LogP contribution is 2.46. The molecule has 0 spiro atoms. The third kappa shape index (κ3) is 3.87. The van der Waals surface area contributed by atoms with Gasteiger partial charge >= 0.3 is 0 Å². The lowest BCUT2D eigenvalue weighted by Crippen LogP contribution is -2.72. The highest BCUT2D eigenvalue weighted by atomic mass is 16.5. The van der Waals surface area contributed by atoms with Crippen molar-refractivity contribution in [2.75, 3.05) is 33.4 Å². The van der Waals surface area contributed by atoms with Crippen molar-refractivity contribution in [3.63, 3.8) is 0 Å². The number of rotatable bonds is 6. The molecule has 0 unspecified atom stereocenters. The lowest BCUT2D eigenvalue weighted by molar-refractivity contribution is -0.0669. The summed E-state index contributed by atoms with van der Waals surface area (Å²) in [7, 11) is 1.85. The Bertz CT molecular complexity index is 335. The molecule has 4 heteroatoms. The van der Waals surface area contributed by atoms with Gasteiger partial charge in [0.15, 0.2) is 5.96 Å². The van der Waals surface area contributed by atoms with Gasteiger partial charge in [-0.1, -0.05) is 27.7 Å². The number of hydrogen-bond donors (Lipinski definition) is 1. The molecule has 1 aliphatic heterocycles. The number of nitrogens with one attached hydrogen (secondary N) is 1. The van der Waals surface area contributed by atoms with Crippen LogP contribution in [0.3, 0.4) is 0 Å². The summed E-state index contributed by atoms with van der Waals surface area (Å²) in [5.74, 6) is 1.70. The molecule has 1 heterocycles. The fraction of sp³-hybridized carbons (Fsp3) is 0.938.